The Bertz CT molecular complexity index is 551. The van der Waals surface area contributed by atoms with E-state index in [9.17, 15) is 9.59 Å². The maximum absolute atomic E-state index is 12.1. The molecule has 1 atom stereocenters. The van der Waals surface area contributed by atoms with E-state index in [0.29, 0.717) is 17.9 Å². The highest BCUT2D eigenvalue weighted by molar-refractivity contribution is 5.77. The number of carbonyl (C=O) groups is 2. The van der Waals surface area contributed by atoms with Crippen molar-refractivity contribution in [2.24, 2.45) is 11.8 Å². The van der Waals surface area contributed by atoms with Crippen molar-refractivity contribution in [1.29, 1.82) is 0 Å². The van der Waals surface area contributed by atoms with Crippen molar-refractivity contribution >= 4 is 11.9 Å². The van der Waals surface area contributed by atoms with E-state index < -0.39 is 0 Å². The second-order valence-electron chi connectivity index (χ2n) is 7.25. The van der Waals surface area contributed by atoms with Gasteiger partial charge in [-0.05, 0) is 24.5 Å². The first-order chi connectivity index (χ1) is 12.5. The third-order valence-corrected chi connectivity index (χ3v) is 4.64. The van der Waals surface area contributed by atoms with E-state index >= 15 is 0 Å². The average molecular weight is 363 g/mol. The van der Waals surface area contributed by atoms with E-state index in [2.05, 4.69) is 6.92 Å². The summed E-state index contributed by atoms with van der Waals surface area (Å²) in [7, 11) is 0. The number of carbonyl (C=O) groups excluding carboxylic acids is 2. The molecule has 0 aromatic heterocycles. The summed E-state index contributed by atoms with van der Waals surface area (Å²) in [5.74, 6) is -0.00165. The van der Waals surface area contributed by atoms with Gasteiger partial charge in [-0.15, -0.1) is 0 Å². The molecule has 0 spiro atoms. The van der Waals surface area contributed by atoms with Crippen LogP contribution in [-0.2, 0) is 9.59 Å². The van der Waals surface area contributed by atoms with Crippen LogP contribution in [0.25, 0.3) is 0 Å². The average Bonchev–Trinajstić information content (AvgIpc) is 2.61. The van der Waals surface area contributed by atoms with Crippen LogP contribution >= 0.6 is 0 Å². The SMILES string of the molecule is CCCCCCCCCC(=O)Oc1ccccc1OC(=O)C(C)C(C)C. The van der Waals surface area contributed by atoms with Crippen molar-refractivity contribution in [1.82, 2.24) is 0 Å². The molecule has 1 aromatic rings. The summed E-state index contributed by atoms with van der Waals surface area (Å²) >= 11 is 0. The van der Waals surface area contributed by atoms with Crippen LogP contribution in [0.2, 0.25) is 0 Å². The summed E-state index contributed by atoms with van der Waals surface area (Å²) < 4.78 is 10.8. The van der Waals surface area contributed by atoms with Crippen LogP contribution in [0.3, 0.4) is 0 Å². The lowest BCUT2D eigenvalue weighted by atomic mass is 9.99. The maximum atomic E-state index is 12.1. The zero-order valence-electron chi connectivity index (χ0n) is 16.8. The van der Waals surface area contributed by atoms with E-state index in [1.165, 1.54) is 25.7 Å². The Labute approximate surface area is 158 Å². The van der Waals surface area contributed by atoms with Crippen LogP contribution in [0.1, 0.15) is 79.1 Å². The van der Waals surface area contributed by atoms with E-state index in [1.807, 2.05) is 20.8 Å². The maximum Gasteiger partial charge on any atom is 0.314 e. The van der Waals surface area contributed by atoms with Crippen molar-refractivity contribution in [3.05, 3.63) is 24.3 Å². The summed E-state index contributed by atoms with van der Waals surface area (Å²) in [6, 6.07) is 6.84. The molecule has 0 saturated heterocycles. The largest absolute Gasteiger partial charge is 0.423 e. The van der Waals surface area contributed by atoms with Gasteiger partial charge in [-0.1, -0.05) is 78.4 Å². The van der Waals surface area contributed by atoms with Gasteiger partial charge in [-0.3, -0.25) is 9.59 Å². The van der Waals surface area contributed by atoms with Crippen LogP contribution in [0.15, 0.2) is 24.3 Å². The quantitative estimate of drug-likeness (QED) is 0.263. The van der Waals surface area contributed by atoms with Gasteiger partial charge in [0.05, 0.1) is 5.92 Å². The van der Waals surface area contributed by atoms with E-state index in [0.717, 1.165) is 19.3 Å². The minimum Gasteiger partial charge on any atom is -0.423 e. The van der Waals surface area contributed by atoms with Crippen LogP contribution in [-0.4, -0.2) is 11.9 Å². The highest BCUT2D eigenvalue weighted by Gasteiger charge is 2.21. The highest BCUT2D eigenvalue weighted by atomic mass is 16.6. The number of para-hydroxylation sites is 2. The third-order valence-electron chi connectivity index (χ3n) is 4.64. The molecule has 0 amide bonds. The van der Waals surface area contributed by atoms with Gasteiger partial charge in [-0.2, -0.15) is 0 Å². The Kier molecular flexibility index (Phi) is 10.7. The number of benzene rings is 1. The van der Waals surface area contributed by atoms with Crippen molar-refractivity contribution < 1.29 is 19.1 Å². The van der Waals surface area contributed by atoms with Crippen LogP contribution in [0.5, 0.6) is 11.5 Å². The van der Waals surface area contributed by atoms with Gasteiger partial charge in [0.15, 0.2) is 11.5 Å². The zero-order valence-corrected chi connectivity index (χ0v) is 16.8. The van der Waals surface area contributed by atoms with Crippen molar-refractivity contribution in [3.8, 4) is 11.5 Å². The van der Waals surface area contributed by atoms with Gasteiger partial charge in [0, 0.05) is 6.42 Å². The van der Waals surface area contributed by atoms with E-state index in [-0.39, 0.29) is 23.8 Å². The monoisotopic (exact) mass is 362 g/mol. The Morgan fingerprint density at radius 3 is 1.96 bits per heavy atom. The summed E-state index contributed by atoms with van der Waals surface area (Å²) in [6.07, 6.45) is 8.45. The van der Waals surface area contributed by atoms with Gasteiger partial charge in [0.2, 0.25) is 0 Å². The molecule has 0 aliphatic carbocycles. The van der Waals surface area contributed by atoms with Gasteiger partial charge >= 0.3 is 11.9 Å². The minimum absolute atomic E-state index is 0.189. The number of rotatable bonds is 12. The fourth-order valence-corrected chi connectivity index (χ4v) is 2.49. The molecule has 0 heterocycles. The molecular formula is C22H34O4. The lowest BCUT2D eigenvalue weighted by Gasteiger charge is -2.16. The first-order valence-electron chi connectivity index (χ1n) is 9.97. The standard InChI is InChI=1S/C22H34O4/c1-5-6-7-8-9-10-11-16-21(23)25-19-14-12-13-15-20(19)26-22(24)18(4)17(2)3/h12-15,17-18H,5-11,16H2,1-4H3. The Hall–Kier alpha value is -1.84. The molecule has 0 radical (unpaired) electrons. The Balaban J connectivity index is 2.44. The topological polar surface area (TPSA) is 52.6 Å². The second kappa shape index (κ2) is 12.5. The van der Waals surface area contributed by atoms with Crippen LogP contribution in [0, 0.1) is 11.8 Å². The van der Waals surface area contributed by atoms with Crippen molar-refractivity contribution in [2.45, 2.75) is 79.1 Å². The molecule has 146 valence electrons. The fraction of sp³-hybridized carbons (Fsp3) is 0.636. The Morgan fingerprint density at radius 2 is 1.38 bits per heavy atom. The molecule has 1 rings (SSSR count). The lowest BCUT2D eigenvalue weighted by molar-refractivity contribution is -0.141. The van der Waals surface area contributed by atoms with Crippen LogP contribution < -0.4 is 9.47 Å². The molecule has 0 N–H and O–H groups in total. The molecule has 4 nitrogen and oxygen atoms in total. The number of hydrogen-bond donors (Lipinski definition) is 0. The number of esters is 2. The summed E-state index contributed by atoms with van der Waals surface area (Å²) in [5, 5.41) is 0. The molecule has 4 heteroatoms. The van der Waals surface area contributed by atoms with Crippen molar-refractivity contribution in [3.63, 3.8) is 0 Å². The lowest BCUT2D eigenvalue weighted by Crippen LogP contribution is -2.22. The second-order valence-corrected chi connectivity index (χ2v) is 7.25. The van der Waals surface area contributed by atoms with Gasteiger partial charge in [0.25, 0.3) is 0 Å². The minimum atomic E-state index is -0.310. The van der Waals surface area contributed by atoms with Crippen LogP contribution in [0.4, 0.5) is 0 Å². The first kappa shape index (κ1) is 22.2. The highest BCUT2D eigenvalue weighted by Crippen LogP contribution is 2.28. The normalized spacial score (nSPS) is 12.0. The van der Waals surface area contributed by atoms with Gasteiger partial charge in [0.1, 0.15) is 0 Å². The molecular weight excluding hydrogens is 328 g/mol. The molecule has 0 aliphatic heterocycles. The number of unbranched alkanes of at least 4 members (excludes halogenated alkanes) is 6. The summed E-state index contributed by atoms with van der Waals surface area (Å²) in [6.45, 7) is 7.98. The summed E-state index contributed by atoms with van der Waals surface area (Å²) in [4.78, 5) is 24.2. The molecule has 0 fully saturated rings. The zero-order chi connectivity index (χ0) is 19.4. The third kappa shape index (κ3) is 8.50. The predicted molar refractivity (Wildman–Crippen MR) is 104 cm³/mol. The predicted octanol–water partition coefficient (Wildman–Crippen LogP) is 5.93. The smallest absolute Gasteiger partial charge is 0.314 e. The molecule has 0 aliphatic rings. The number of hydrogen-bond acceptors (Lipinski definition) is 4. The Morgan fingerprint density at radius 1 is 0.846 bits per heavy atom. The first-order valence-corrected chi connectivity index (χ1v) is 9.97. The van der Waals surface area contributed by atoms with Gasteiger partial charge < -0.3 is 9.47 Å². The van der Waals surface area contributed by atoms with Gasteiger partial charge in [-0.25, -0.2) is 0 Å². The fourth-order valence-electron chi connectivity index (χ4n) is 2.49. The molecule has 26 heavy (non-hydrogen) atoms. The van der Waals surface area contributed by atoms with E-state index in [4.69, 9.17) is 9.47 Å². The van der Waals surface area contributed by atoms with Crippen molar-refractivity contribution in [2.75, 3.05) is 0 Å². The summed E-state index contributed by atoms with van der Waals surface area (Å²) in [5.41, 5.74) is 0. The molecule has 0 saturated carbocycles. The number of ether oxygens (including phenoxy) is 2. The molecule has 1 unspecified atom stereocenters. The molecule has 0 bridgehead atoms. The molecule has 1 aromatic carbocycles. The van der Waals surface area contributed by atoms with E-state index in [1.54, 1.807) is 24.3 Å².